The van der Waals surface area contributed by atoms with Gasteiger partial charge in [0.05, 0.1) is 0 Å². The maximum atomic E-state index is 12.2. The van der Waals surface area contributed by atoms with E-state index in [1.54, 1.807) is 37.4 Å². The molecule has 2 aromatic rings. The van der Waals surface area contributed by atoms with Crippen LogP contribution in [0.3, 0.4) is 0 Å². The number of primary amides is 1. The van der Waals surface area contributed by atoms with Crippen LogP contribution in [0.1, 0.15) is 36.7 Å². The number of ether oxygens (including phenoxy) is 2. The van der Waals surface area contributed by atoms with E-state index in [1.165, 1.54) is 17.0 Å². The number of nitrogens with two attached hydrogens (primary N) is 1. The van der Waals surface area contributed by atoms with Crippen molar-refractivity contribution in [2.24, 2.45) is 5.73 Å². The van der Waals surface area contributed by atoms with Gasteiger partial charge in [0, 0.05) is 24.8 Å². The topological polar surface area (TPSA) is 111 Å². The van der Waals surface area contributed by atoms with E-state index in [9.17, 15) is 14.4 Å². The number of benzene rings is 2. The van der Waals surface area contributed by atoms with Crippen LogP contribution in [0, 0.1) is 0 Å². The van der Waals surface area contributed by atoms with Crippen LogP contribution >= 0.6 is 0 Å². The zero-order valence-electron chi connectivity index (χ0n) is 17.6. The maximum absolute atomic E-state index is 12.2. The van der Waals surface area contributed by atoms with Crippen molar-refractivity contribution in [3.63, 3.8) is 0 Å². The fraction of sp³-hybridized carbons (Fsp3) is 0.318. The van der Waals surface area contributed by atoms with Gasteiger partial charge in [-0.3, -0.25) is 9.59 Å². The van der Waals surface area contributed by atoms with Crippen molar-refractivity contribution in [2.45, 2.75) is 32.9 Å². The van der Waals surface area contributed by atoms with E-state index in [4.69, 9.17) is 15.2 Å². The van der Waals surface area contributed by atoms with Crippen molar-refractivity contribution in [3.05, 3.63) is 59.7 Å². The highest BCUT2D eigenvalue weighted by molar-refractivity contribution is 5.93. The molecule has 0 radical (unpaired) electrons. The van der Waals surface area contributed by atoms with E-state index in [2.05, 4.69) is 5.32 Å². The van der Waals surface area contributed by atoms with Crippen LogP contribution in [0.2, 0.25) is 0 Å². The first-order valence-electron chi connectivity index (χ1n) is 9.39. The molecule has 0 spiro atoms. The van der Waals surface area contributed by atoms with Crippen molar-refractivity contribution in [3.8, 4) is 5.75 Å². The quantitative estimate of drug-likeness (QED) is 0.724. The highest BCUT2D eigenvalue weighted by Gasteiger charge is 2.19. The van der Waals surface area contributed by atoms with Crippen LogP contribution in [0.15, 0.2) is 48.5 Å². The third-order valence-electron chi connectivity index (χ3n) is 3.84. The lowest BCUT2D eigenvalue weighted by atomic mass is 10.2. The monoisotopic (exact) mass is 413 g/mol. The summed E-state index contributed by atoms with van der Waals surface area (Å²) >= 11 is 0. The lowest BCUT2D eigenvalue weighted by Crippen LogP contribution is -2.33. The first kappa shape index (κ1) is 22.7. The number of rotatable bonds is 7. The van der Waals surface area contributed by atoms with E-state index >= 15 is 0 Å². The molecule has 0 bridgehead atoms. The molecule has 3 amide bonds. The SMILES string of the molecule is CN(Cc1cccc(NC(=O)COc2ccc(C(N)=O)cc2)c1)C(=O)OC(C)(C)C. The molecule has 0 aliphatic carbocycles. The van der Waals surface area contributed by atoms with Crippen LogP contribution in [-0.4, -0.2) is 42.1 Å². The number of amides is 3. The molecule has 30 heavy (non-hydrogen) atoms. The normalized spacial score (nSPS) is 10.8. The Morgan fingerprint density at radius 2 is 1.73 bits per heavy atom. The van der Waals surface area contributed by atoms with Gasteiger partial charge in [-0.25, -0.2) is 4.79 Å². The Morgan fingerprint density at radius 3 is 2.33 bits per heavy atom. The molecule has 0 saturated carbocycles. The Hall–Kier alpha value is -3.55. The fourth-order valence-corrected chi connectivity index (χ4v) is 2.49. The molecule has 8 heteroatoms. The number of nitrogens with one attached hydrogen (secondary N) is 1. The Labute approximate surface area is 175 Å². The predicted octanol–water partition coefficient (Wildman–Crippen LogP) is 3.17. The van der Waals surface area contributed by atoms with Crippen molar-refractivity contribution in [2.75, 3.05) is 19.0 Å². The summed E-state index contributed by atoms with van der Waals surface area (Å²) in [5.74, 6) is -0.425. The fourth-order valence-electron chi connectivity index (χ4n) is 2.49. The van der Waals surface area contributed by atoms with E-state index in [0.29, 0.717) is 23.5 Å². The molecule has 160 valence electrons. The molecule has 0 aliphatic rings. The molecular formula is C22H27N3O5. The lowest BCUT2D eigenvalue weighted by Gasteiger charge is -2.24. The molecular weight excluding hydrogens is 386 g/mol. The van der Waals surface area contributed by atoms with Crippen molar-refractivity contribution < 1.29 is 23.9 Å². The smallest absolute Gasteiger partial charge is 0.410 e. The van der Waals surface area contributed by atoms with Crippen LogP contribution in [-0.2, 0) is 16.1 Å². The summed E-state index contributed by atoms with van der Waals surface area (Å²) in [6.07, 6.45) is -0.423. The molecule has 0 atom stereocenters. The zero-order chi connectivity index (χ0) is 22.3. The molecule has 3 N–H and O–H groups in total. The van der Waals surface area contributed by atoms with Gasteiger partial charge >= 0.3 is 6.09 Å². The van der Waals surface area contributed by atoms with E-state index < -0.39 is 17.6 Å². The summed E-state index contributed by atoms with van der Waals surface area (Å²) in [5.41, 5.74) is 6.40. The second-order valence-corrected chi connectivity index (χ2v) is 7.76. The Balaban J connectivity index is 1.88. The molecule has 0 aromatic heterocycles. The zero-order valence-corrected chi connectivity index (χ0v) is 17.6. The Morgan fingerprint density at radius 1 is 1.07 bits per heavy atom. The molecule has 0 unspecified atom stereocenters. The van der Waals surface area contributed by atoms with Gasteiger partial charge < -0.3 is 25.4 Å². The molecule has 0 aliphatic heterocycles. The van der Waals surface area contributed by atoms with Crippen LogP contribution in [0.5, 0.6) is 5.75 Å². The van der Waals surface area contributed by atoms with Gasteiger partial charge in [-0.15, -0.1) is 0 Å². The van der Waals surface area contributed by atoms with Gasteiger partial charge in [0.15, 0.2) is 6.61 Å². The number of carbonyl (C=O) groups is 3. The van der Waals surface area contributed by atoms with Gasteiger partial charge in [-0.2, -0.15) is 0 Å². The predicted molar refractivity (Wildman–Crippen MR) is 113 cm³/mol. The van der Waals surface area contributed by atoms with Crippen molar-refractivity contribution >= 4 is 23.6 Å². The summed E-state index contributed by atoms with van der Waals surface area (Å²) in [5, 5.41) is 2.75. The molecule has 2 rings (SSSR count). The largest absolute Gasteiger partial charge is 0.484 e. The van der Waals surface area contributed by atoms with Crippen LogP contribution in [0.4, 0.5) is 10.5 Å². The van der Waals surface area contributed by atoms with Gasteiger partial charge in [-0.1, -0.05) is 12.1 Å². The average molecular weight is 413 g/mol. The molecule has 0 saturated heterocycles. The highest BCUT2D eigenvalue weighted by atomic mass is 16.6. The van der Waals surface area contributed by atoms with Crippen LogP contribution in [0.25, 0.3) is 0 Å². The number of carbonyl (C=O) groups excluding carboxylic acids is 3. The maximum Gasteiger partial charge on any atom is 0.410 e. The third kappa shape index (κ3) is 7.46. The summed E-state index contributed by atoms with van der Waals surface area (Å²) in [7, 11) is 1.65. The summed E-state index contributed by atoms with van der Waals surface area (Å²) < 4.78 is 10.7. The van der Waals surface area contributed by atoms with Gasteiger partial charge in [0.1, 0.15) is 11.4 Å². The number of hydrogen-bond acceptors (Lipinski definition) is 5. The van der Waals surface area contributed by atoms with Crippen molar-refractivity contribution in [1.29, 1.82) is 0 Å². The minimum absolute atomic E-state index is 0.196. The first-order chi connectivity index (χ1) is 14.0. The molecule has 2 aromatic carbocycles. The minimum atomic E-state index is -0.568. The Bertz CT molecular complexity index is 904. The molecule has 0 heterocycles. The second kappa shape index (κ2) is 9.78. The summed E-state index contributed by atoms with van der Waals surface area (Å²) in [4.78, 5) is 36.8. The summed E-state index contributed by atoms with van der Waals surface area (Å²) in [6.45, 7) is 5.56. The first-order valence-corrected chi connectivity index (χ1v) is 9.39. The molecule has 0 fully saturated rings. The highest BCUT2D eigenvalue weighted by Crippen LogP contribution is 2.15. The van der Waals surface area contributed by atoms with E-state index in [-0.39, 0.29) is 12.5 Å². The van der Waals surface area contributed by atoms with Gasteiger partial charge in [0.2, 0.25) is 5.91 Å². The number of nitrogens with zero attached hydrogens (tertiary/aromatic N) is 1. The lowest BCUT2D eigenvalue weighted by molar-refractivity contribution is -0.118. The number of anilines is 1. The van der Waals surface area contributed by atoms with E-state index in [1.807, 2.05) is 26.8 Å². The van der Waals surface area contributed by atoms with Crippen LogP contribution < -0.4 is 15.8 Å². The van der Waals surface area contributed by atoms with Crippen molar-refractivity contribution in [1.82, 2.24) is 4.90 Å². The Kier molecular flexibility index (Phi) is 7.41. The third-order valence-corrected chi connectivity index (χ3v) is 3.84. The van der Waals surface area contributed by atoms with Gasteiger partial charge in [-0.05, 0) is 62.7 Å². The number of hydrogen-bond donors (Lipinski definition) is 2. The van der Waals surface area contributed by atoms with Gasteiger partial charge in [0.25, 0.3) is 5.91 Å². The standard InChI is InChI=1S/C22H27N3O5/c1-22(2,3)30-21(28)25(4)13-15-6-5-7-17(12-15)24-19(26)14-29-18-10-8-16(9-11-18)20(23)27/h5-12H,13-14H2,1-4H3,(H2,23,27)(H,24,26). The van der Waals surface area contributed by atoms with E-state index in [0.717, 1.165) is 5.56 Å². The second-order valence-electron chi connectivity index (χ2n) is 7.76. The summed E-state index contributed by atoms with van der Waals surface area (Å²) in [6, 6.07) is 13.4. The molecule has 8 nitrogen and oxygen atoms in total. The minimum Gasteiger partial charge on any atom is -0.484 e. The average Bonchev–Trinajstić information content (AvgIpc) is 2.65.